The lowest BCUT2D eigenvalue weighted by molar-refractivity contribution is -0.125. The van der Waals surface area contributed by atoms with Crippen LogP contribution in [0.3, 0.4) is 0 Å². The fourth-order valence-electron chi connectivity index (χ4n) is 0.967. The standard InChI is InChI=1S/C6H5ClN4O3S/c7-6-10-9-5(15-6)4(13)8-2-1-14-11-3(2)12/h2H,1H2,(H,8,13)(H,11,12). The SMILES string of the molecule is O=C(NC1CONC1=O)c1nnc(Cl)s1. The van der Waals surface area contributed by atoms with E-state index in [-0.39, 0.29) is 22.0 Å². The lowest BCUT2D eigenvalue weighted by Gasteiger charge is -2.04. The summed E-state index contributed by atoms with van der Waals surface area (Å²) < 4.78 is 0.173. The molecule has 1 atom stereocenters. The number of carbonyl (C=O) groups is 2. The Morgan fingerprint density at radius 2 is 2.47 bits per heavy atom. The number of carbonyl (C=O) groups excluding carboxylic acids is 2. The Kier molecular flexibility index (Phi) is 2.80. The van der Waals surface area contributed by atoms with Crippen molar-refractivity contribution in [2.24, 2.45) is 0 Å². The molecule has 2 N–H and O–H groups in total. The van der Waals surface area contributed by atoms with Gasteiger partial charge in [0, 0.05) is 0 Å². The van der Waals surface area contributed by atoms with E-state index in [2.05, 4.69) is 25.8 Å². The van der Waals surface area contributed by atoms with Gasteiger partial charge in [-0.15, -0.1) is 10.2 Å². The fraction of sp³-hybridized carbons (Fsp3) is 0.333. The summed E-state index contributed by atoms with van der Waals surface area (Å²) in [6.45, 7) is 0.0944. The van der Waals surface area contributed by atoms with Crippen LogP contribution in [-0.2, 0) is 9.63 Å². The summed E-state index contributed by atoms with van der Waals surface area (Å²) in [5.74, 6) is -0.885. The maximum Gasteiger partial charge on any atom is 0.283 e. The van der Waals surface area contributed by atoms with Crippen LogP contribution in [0.15, 0.2) is 0 Å². The van der Waals surface area contributed by atoms with Crippen molar-refractivity contribution in [3.63, 3.8) is 0 Å². The molecule has 1 aromatic heterocycles. The van der Waals surface area contributed by atoms with E-state index in [9.17, 15) is 9.59 Å². The third-order valence-corrected chi connectivity index (χ3v) is 2.66. The van der Waals surface area contributed by atoms with Gasteiger partial charge in [-0.2, -0.15) is 0 Å². The van der Waals surface area contributed by atoms with Crippen molar-refractivity contribution in [3.05, 3.63) is 9.47 Å². The van der Waals surface area contributed by atoms with Crippen LogP contribution in [0.25, 0.3) is 0 Å². The number of amides is 2. The van der Waals surface area contributed by atoms with Crippen molar-refractivity contribution in [1.82, 2.24) is 21.0 Å². The first-order chi connectivity index (χ1) is 7.16. The third kappa shape index (κ3) is 2.22. The zero-order chi connectivity index (χ0) is 10.8. The van der Waals surface area contributed by atoms with Crippen LogP contribution in [0.2, 0.25) is 4.47 Å². The molecule has 1 aliphatic heterocycles. The van der Waals surface area contributed by atoms with Crippen LogP contribution in [0.1, 0.15) is 9.80 Å². The zero-order valence-corrected chi connectivity index (χ0v) is 8.76. The number of nitrogens with one attached hydrogen (secondary N) is 2. The van der Waals surface area contributed by atoms with Crippen LogP contribution in [-0.4, -0.2) is 34.7 Å². The first kappa shape index (κ1) is 10.3. The Labute approximate surface area is 92.7 Å². The van der Waals surface area contributed by atoms with Gasteiger partial charge < -0.3 is 5.32 Å². The van der Waals surface area contributed by atoms with E-state index < -0.39 is 11.9 Å². The number of hydroxylamine groups is 1. The molecule has 1 saturated heterocycles. The lowest BCUT2D eigenvalue weighted by atomic mass is 10.3. The summed E-state index contributed by atoms with van der Waals surface area (Å²) in [6, 6.07) is -0.694. The molecule has 1 aromatic rings. The van der Waals surface area contributed by atoms with Gasteiger partial charge in [-0.25, -0.2) is 5.48 Å². The summed E-state index contributed by atoms with van der Waals surface area (Å²) in [4.78, 5) is 27.1. The van der Waals surface area contributed by atoms with Crippen molar-refractivity contribution in [2.75, 3.05) is 6.61 Å². The summed E-state index contributed by atoms with van der Waals surface area (Å²) in [6.07, 6.45) is 0. The Morgan fingerprint density at radius 3 is 3.00 bits per heavy atom. The molecule has 2 amide bonds. The van der Waals surface area contributed by atoms with Crippen molar-refractivity contribution in [2.45, 2.75) is 6.04 Å². The molecule has 1 fully saturated rings. The average molecular weight is 249 g/mol. The van der Waals surface area contributed by atoms with Gasteiger partial charge in [-0.3, -0.25) is 14.4 Å². The molecule has 0 aliphatic carbocycles. The van der Waals surface area contributed by atoms with Crippen molar-refractivity contribution < 1.29 is 14.4 Å². The quantitative estimate of drug-likeness (QED) is 0.726. The number of hydrogen-bond acceptors (Lipinski definition) is 6. The number of rotatable bonds is 2. The highest BCUT2D eigenvalue weighted by Crippen LogP contribution is 2.14. The van der Waals surface area contributed by atoms with E-state index in [1.807, 2.05) is 0 Å². The van der Waals surface area contributed by atoms with E-state index in [4.69, 9.17) is 11.6 Å². The van der Waals surface area contributed by atoms with Crippen LogP contribution < -0.4 is 10.8 Å². The Morgan fingerprint density at radius 1 is 1.67 bits per heavy atom. The van der Waals surface area contributed by atoms with Crippen molar-refractivity contribution in [3.8, 4) is 0 Å². The molecule has 0 saturated carbocycles. The highest BCUT2D eigenvalue weighted by Gasteiger charge is 2.28. The second-order valence-corrected chi connectivity index (χ2v) is 4.22. The van der Waals surface area contributed by atoms with E-state index >= 15 is 0 Å². The molecule has 0 bridgehead atoms. The molecule has 1 unspecified atom stereocenters. The van der Waals surface area contributed by atoms with Gasteiger partial charge in [0.2, 0.25) is 9.47 Å². The highest BCUT2D eigenvalue weighted by molar-refractivity contribution is 7.17. The second kappa shape index (κ2) is 4.09. The van der Waals surface area contributed by atoms with Gasteiger partial charge in [0.25, 0.3) is 11.8 Å². The molecular formula is C6H5ClN4O3S. The first-order valence-electron chi connectivity index (χ1n) is 3.88. The largest absolute Gasteiger partial charge is 0.336 e. The smallest absolute Gasteiger partial charge is 0.283 e. The number of aromatic nitrogens is 2. The van der Waals surface area contributed by atoms with Crippen LogP contribution in [0.5, 0.6) is 0 Å². The van der Waals surface area contributed by atoms with Crippen LogP contribution in [0.4, 0.5) is 0 Å². The summed E-state index contributed by atoms with van der Waals surface area (Å²) in [7, 11) is 0. The molecule has 0 spiro atoms. The Bertz CT molecular complexity index is 409. The van der Waals surface area contributed by atoms with Gasteiger partial charge in [0.15, 0.2) is 0 Å². The molecular weight excluding hydrogens is 244 g/mol. The molecule has 0 aromatic carbocycles. The second-order valence-electron chi connectivity index (χ2n) is 2.66. The monoisotopic (exact) mass is 248 g/mol. The normalized spacial score (nSPS) is 20.1. The highest BCUT2D eigenvalue weighted by atomic mass is 35.5. The van der Waals surface area contributed by atoms with Gasteiger partial charge in [-0.1, -0.05) is 11.3 Å². The van der Waals surface area contributed by atoms with Gasteiger partial charge in [0.05, 0.1) is 0 Å². The summed E-state index contributed by atoms with van der Waals surface area (Å²) in [5.41, 5.74) is 2.12. The Hall–Kier alpha value is -1.25. The van der Waals surface area contributed by atoms with Gasteiger partial charge in [0.1, 0.15) is 12.6 Å². The van der Waals surface area contributed by atoms with Crippen molar-refractivity contribution in [1.29, 1.82) is 0 Å². The van der Waals surface area contributed by atoms with Crippen molar-refractivity contribution >= 4 is 34.8 Å². The molecule has 2 rings (SSSR count). The van der Waals surface area contributed by atoms with E-state index in [0.717, 1.165) is 11.3 Å². The predicted molar refractivity (Wildman–Crippen MR) is 50.3 cm³/mol. The zero-order valence-electron chi connectivity index (χ0n) is 7.19. The van der Waals surface area contributed by atoms with Crippen LogP contribution in [0, 0.1) is 0 Å². The predicted octanol–water partition coefficient (Wildman–Crippen LogP) is -0.649. The molecule has 80 valence electrons. The molecule has 0 radical (unpaired) electrons. The number of nitrogens with zero attached hydrogens (tertiary/aromatic N) is 2. The maximum absolute atomic E-state index is 11.5. The van der Waals surface area contributed by atoms with Gasteiger partial charge in [-0.05, 0) is 11.6 Å². The topological polar surface area (TPSA) is 93.2 Å². The number of halogens is 1. The van der Waals surface area contributed by atoms with E-state index in [0.29, 0.717) is 0 Å². The maximum atomic E-state index is 11.5. The van der Waals surface area contributed by atoms with Crippen LogP contribution >= 0.6 is 22.9 Å². The lowest BCUT2D eigenvalue weighted by Crippen LogP contribution is -2.41. The number of hydrogen-bond donors (Lipinski definition) is 2. The first-order valence-corrected chi connectivity index (χ1v) is 5.08. The third-order valence-electron chi connectivity index (χ3n) is 1.64. The molecule has 2 heterocycles. The minimum atomic E-state index is -0.694. The summed E-state index contributed by atoms with van der Waals surface area (Å²) >= 11 is 6.45. The Balaban J connectivity index is 2.00. The van der Waals surface area contributed by atoms with E-state index in [1.54, 1.807) is 0 Å². The van der Waals surface area contributed by atoms with E-state index in [1.165, 1.54) is 0 Å². The summed E-state index contributed by atoms with van der Waals surface area (Å²) in [5, 5.41) is 9.55. The fourth-order valence-corrected chi connectivity index (χ4v) is 1.70. The molecule has 15 heavy (non-hydrogen) atoms. The average Bonchev–Trinajstić information content (AvgIpc) is 2.77. The molecule has 9 heteroatoms. The minimum Gasteiger partial charge on any atom is -0.336 e. The molecule has 7 nitrogen and oxygen atoms in total. The van der Waals surface area contributed by atoms with Gasteiger partial charge >= 0.3 is 0 Å². The minimum absolute atomic E-state index is 0.0944. The molecule has 1 aliphatic rings.